The van der Waals surface area contributed by atoms with E-state index in [4.69, 9.17) is 14.0 Å². The summed E-state index contributed by atoms with van der Waals surface area (Å²) in [6.45, 7) is 0. The van der Waals surface area contributed by atoms with Crippen LogP contribution in [0, 0.1) is 0 Å². The molecule has 10 rings (SSSR count). The van der Waals surface area contributed by atoms with Crippen molar-refractivity contribution in [3.05, 3.63) is 212 Å². The fraction of sp³-hybridized carbons (Fsp3) is 0. The standard InChI is InChI=1S/C52H35NO/c1-3-13-38(14-4-1)46-18-9-10-19-47(46)40-26-30-44(31-27-40)53(43-28-24-37(25-29-43)42-23-22-36-12-7-8-17-41(36)34-42)45-32-33-49-50-21-11-20-48(39-15-5-2-6-16-39)52(50)54-51(49)35-45/h1-35H/i7D,8D,12D,17D,22D,23D,34D. The van der Waals surface area contributed by atoms with Gasteiger partial charge in [-0.2, -0.15) is 0 Å². The van der Waals surface area contributed by atoms with Crippen molar-refractivity contribution in [3.8, 4) is 44.5 Å². The van der Waals surface area contributed by atoms with E-state index in [1.54, 1.807) is 12.1 Å². The average molecular weight is 697 g/mol. The molecule has 0 fully saturated rings. The van der Waals surface area contributed by atoms with Crippen molar-refractivity contribution in [2.24, 2.45) is 0 Å². The van der Waals surface area contributed by atoms with Crippen LogP contribution in [-0.4, -0.2) is 0 Å². The Morgan fingerprint density at radius 1 is 0.389 bits per heavy atom. The molecule has 0 unspecified atom stereocenters. The lowest BCUT2D eigenvalue weighted by Crippen LogP contribution is -2.09. The van der Waals surface area contributed by atoms with Crippen molar-refractivity contribution >= 4 is 49.8 Å². The first-order valence-electron chi connectivity index (χ1n) is 21.4. The highest BCUT2D eigenvalue weighted by molar-refractivity contribution is 6.10. The van der Waals surface area contributed by atoms with Crippen LogP contribution in [-0.2, 0) is 0 Å². The van der Waals surface area contributed by atoms with Gasteiger partial charge in [-0.15, -0.1) is 0 Å². The molecule has 0 amide bonds. The normalized spacial score (nSPS) is 13.1. The zero-order chi connectivity index (χ0) is 41.9. The van der Waals surface area contributed by atoms with E-state index in [1.807, 2.05) is 60.7 Å². The quantitative estimate of drug-likeness (QED) is 0.165. The van der Waals surface area contributed by atoms with Crippen LogP contribution in [0.1, 0.15) is 9.60 Å². The molecule has 0 spiro atoms. The molecule has 0 N–H and O–H groups in total. The molecule has 0 aliphatic rings. The van der Waals surface area contributed by atoms with Crippen molar-refractivity contribution in [2.45, 2.75) is 0 Å². The molecule has 10 aromatic rings. The molecule has 0 aliphatic carbocycles. The van der Waals surface area contributed by atoms with E-state index in [9.17, 15) is 0 Å². The minimum atomic E-state index is -0.493. The number of benzene rings is 9. The van der Waals surface area contributed by atoms with E-state index in [1.165, 1.54) is 0 Å². The van der Waals surface area contributed by atoms with Crippen molar-refractivity contribution in [1.82, 2.24) is 0 Å². The van der Waals surface area contributed by atoms with Gasteiger partial charge in [-0.3, -0.25) is 0 Å². The minimum absolute atomic E-state index is 0.0730. The lowest BCUT2D eigenvalue weighted by atomic mass is 9.94. The molecule has 254 valence electrons. The summed E-state index contributed by atoms with van der Waals surface area (Å²) < 4.78 is 66.9. The van der Waals surface area contributed by atoms with E-state index in [0.717, 1.165) is 72.4 Å². The topological polar surface area (TPSA) is 16.4 Å². The molecule has 0 atom stereocenters. The van der Waals surface area contributed by atoms with Gasteiger partial charge in [-0.25, -0.2) is 0 Å². The van der Waals surface area contributed by atoms with Crippen LogP contribution in [0.25, 0.3) is 77.2 Å². The van der Waals surface area contributed by atoms with Crippen molar-refractivity contribution in [3.63, 3.8) is 0 Å². The Morgan fingerprint density at radius 3 is 1.63 bits per heavy atom. The van der Waals surface area contributed by atoms with Crippen LogP contribution in [0.15, 0.2) is 217 Å². The van der Waals surface area contributed by atoms with Crippen LogP contribution in [0.5, 0.6) is 0 Å². The zero-order valence-corrected chi connectivity index (χ0v) is 29.0. The van der Waals surface area contributed by atoms with Gasteiger partial charge in [-0.05, 0) is 92.2 Å². The van der Waals surface area contributed by atoms with E-state index >= 15 is 0 Å². The molecule has 0 radical (unpaired) electrons. The molecule has 0 aliphatic heterocycles. The number of furan rings is 1. The van der Waals surface area contributed by atoms with Crippen LogP contribution in [0.4, 0.5) is 17.1 Å². The molecule has 2 nitrogen and oxygen atoms in total. The first kappa shape index (κ1) is 24.9. The summed E-state index contributed by atoms with van der Waals surface area (Å²) in [7, 11) is 0. The van der Waals surface area contributed by atoms with E-state index in [2.05, 4.69) is 102 Å². The van der Waals surface area contributed by atoms with Gasteiger partial charge in [-0.1, -0.05) is 164 Å². The monoisotopic (exact) mass is 696 g/mol. The molecule has 0 saturated carbocycles. The number of hydrogen-bond acceptors (Lipinski definition) is 2. The molecule has 1 heterocycles. The first-order valence-corrected chi connectivity index (χ1v) is 17.9. The molecular weight excluding hydrogens is 655 g/mol. The fourth-order valence-corrected chi connectivity index (χ4v) is 7.32. The number of anilines is 3. The molecule has 9 aromatic carbocycles. The van der Waals surface area contributed by atoms with Gasteiger partial charge in [0.2, 0.25) is 0 Å². The molecule has 54 heavy (non-hydrogen) atoms. The Morgan fingerprint density at radius 2 is 0.944 bits per heavy atom. The number of rotatable bonds is 7. The number of fused-ring (bicyclic) bond motifs is 4. The third-order valence-electron chi connectivity index (χ3n) is 9.94. The maximum absolute atomic E-state index is 9.11. The van der Waals surface area contributed by atoms with Crippen LogP contribution in [0.3, 0.4) is 0 Å². The predicted octanol–water partition coefficient (Wildman–Crippen LogP) is 14.9. The summed E-state index contributed by atoms with van der Waals surface area (Å²) in [4.78, 5) is 2.12. The Hall–Kier alpha value is -7.16. The fourth-order valence-electron chi connectivity index (χ4n) is 7.32. The molecule has 0 saturated heterocycles. The SMILES string of the molecule is [2H]c1c([2H])c([2H])c2c([2H])c(-c3ccc(N(c4ccc(-c5ccccc5-c5ccccc5)cc4)c4ccc5c(c4)oc4c(-c6ccccc6)cccc45)cc3)c([2H])c([2H])c2c1[2H]. The third-order valence-corrected chi connectivity index (χ3v) is 9.94. The maximum atomic E-state index is 9.11. The van der Waals surface area contributed by atoms with E-state index in [0.29, 0.717) is 5.56 Å². The Bertz CT molecular complexity index is 3310. The van der Waals surface area contributed by atoms with Gasteiger partial charge in [0.1, 0.15) is 11.2 Å². The highest BCUT2D eigenvalue weighted by Gasteiger charge is 2.18. The van der Waals surface area contributed by atoms with Crippen molar-refractivity contribution in [2.75, 3.05) is 4.90 Å². The summed E-state index contributed by atoms with van der Waals surface area (Å²) in [5.41, 5.74) is 11.2. The second kappa shape index (κ2) is 13.4. The van der Waals surface area contributed by atoms with Gasteiger partial charge in [0, 0.05) is 39.5 Å². The lowest BCUT2D eigenvalue weighted by molar-refractivity contribution is 0.670. The van der Waals surface area contributed by atoms with Gasteiger partial charge in [0.25, 0.3) is 0 Å². The number of nitrogens with zero attached hydrogens (tertiary/aromatic N) is 1. The highest BCUT2D eigenvalue weighted by atomic mass is 16.3. The van der Waals surface area contributed by atoms with Crippen molar-refractivity contribution < 1.29 is 14.0 Å². The second-order valence-corrected chi connectivity index (χ2v) is 13.2. The van der Waals surface area contributed by atoms with E-state index < -0.39 is 24.2 Å². The highest BCUT2D eigenvalue weighted by Crippen LogP contribution is 2.42. The third kappa shape index (κ3) is 5.71. The van der Waals surface area contributed by atoms with Gasteiger partial charge < -0.3 is 9.32 Å². The molecule has 2 heteroatoms. The Balaban J connectivity index is 1.11. The van der Waals surface area contributed by atoms with Gasteiger partial charge in [0.05, 0.1) is 9.60 Å². The minimum Gasteiger partial charge on any atom is -0.455 e. The molecule has 1 aromatic heterocycles. The largest absolute Gasteiger partial charge is 0.455 e. The number of hydrogen-bond donors (Lipinski definition) is 0. The smallest absolute Gasteiger partial charge is 0.143 e. The molecular formula is C52H35NO. The zero-order valence-electron chi connectivity index (χ0n) is 36.0. The van der Waals surface area contributed by atoms with Crippen molar-refractivity contribution in [1.29, 1.82) is 0 Å². The Kier molecular flexibility index (Phi) is 6.20. The lowest BCUT2D eigenvalue weighted by Gasteiger charge is -2.26. The summed E-state index contributed by atoms with van der Waals surface area (Å²) in [5.74, 6) is 0. The van der Waals surface area contributed by atoms with Crippen LogP contribution >= 0.6 is 0 Å². The summed E-state index contributed by atoms with van der Waals surface area (Å²) in [5, 5.41) is 1.81. The van der Waals surface area contributed by atoms with Crippen LogP contribution in [0.2, 0.25) is 0 Å². The maximum Gasteiger partial charge on any atom is 0.143 e. The average Bonchev–Trinajstić information content (AvgIpc) is 3.68. The van der Waals surface area contributed by atoms with E-state index in [-0.39, 0.29) is 34.5 Å². The second-order valence-electron chi connectivity index (χ2n) is 13.2. The van der Waals surface area contributed by atoms with Crippen LogP contribution < -0.4 is 4.90 Å². The first-order chi connectivity index (χ1) is 29.7. The molecule has 0 bridgehead atoms. The van der Waals surface area contributed by atoms with Gasteiger partial charge >= 0.3 is 0 Å². The summed E-state index contributed by atoms with van der Waals surface area (Å²) in [6.07, 6.45) is 0. The number of para-hydroxylation sites is 1. The van der Waals surface area contributed by atoms with Gasteiger partial charge in [0.15, 0.2) is 0 Å². The Labute approximate surface area is 324 Å². The predicted molar refractivity (Wildman–Crippen MR) is 228 cm³/mol. The summed E-state index contributed by atoms with van der Waals surface area (Å²) in [6, 6.07) is 54.5. The summed E-state index contributed by atoms with van der Waals surface area (Å²) >= 11 is 0.